The van der Waals surface area contributed by atoms with E-state index in [1.54, 1.807) is 0 Å². The van der Waals surface area contributed by atoms with Gasteiger partial charge in [0.25, 0.3) is 11.7 Å². The first kappa shape index (κ1) is 15.0. The van der Waals surface area contributed by atoms with Crippen LogP contribution in [0.5, 0.6) is 0 Å². The van der Waals surface area contributed by atoms with Gasteiger partial charge >= 0.3 is 0 Å². The molecule has 0 saturated heterocycles. The summed E-state index contributed by atoms with van der Waals surface area (Å²) in [7, 11) is 0. The van der Waals surface area contributed by atoms with Gasteiger partial charge in [0, 0.05) is 18.0 Å². The lowest BCUT2D eigenvalue weighted by molar-refractivity contribution is -0.114. The van der Waals surface area contributed by atoms with Crippen molar-refractivity contribution in [3.05, 3.63) is 40.0 Å². The van der Waals surface area contributed by atoms with Crippen LogP contribution in [0.1, 0.15) is 36.0 Å². The summed E-state index contributed by atoms with van der Waals surface area (Å²) in [5, 5.41) is 3.44. The molecule has 1 aromatic rings. The van der Waals surface area contributed by atoms with Crippen molar-refractivity contribution in [2.45, 2.75) is 25.7 Å². The predicted octanol–water partition coefficient (Wildman–Crippen LogP) is 3.23. The van der Waals surface area contributed by atoms with E-state index in [-0.39, 0.29) is 5.56 Å². The van der Waals surface area contributed by atoms with Crippen molar-refractivity contribution in [2.75, 3.05) is 18.0 Å². The van der Waals surface area contributed by atoms with Gasteiger partial charge in [0.05, 0.1) is 11.3 Å². The Kier molecular flexibility index (Phi) is 4.90. The van der Waals surface area contributed by atoms with Crippen LogP contribution in [-0.4, -0.2) is 24.8 Å². The molecular weight excluding hydrogens is 275 g/mol. The maximum absolute atomic E-state index is 13.1. The van der Waals surface area contributed by atoms with E-state index < -0.39 is 17.5 Å². The molecule has 0 bridgehead atoms. The van der Waals surface area contributed by atoms with Gasteiger partial charge in [0.1, 0.15) is 5.82 Å². The molecule has 1 aliphatic heterocycles. The van der Waals surface area contributed by atoms with Crippen LogP contribution in [0.15, 0.2) is 23.3 Å². The standard InChI is InChI=1S/C14H15FN4O2/c15-10-5-6-12-11(9-10)13(20)14(21)19(12)8-4-2-1-3-7-17-18-16/h5-6,9H,1-4,7-8H2. The van der Waals surface area contributed by atoms with Crippen LogP contribution >= 0.6 is 0 Å². The van der Waals surface area contributed by atoms with E-state index in [9.17, 15) is 14.0 Å². The molecule has 1 heterocycles. The van der Waals surface area contributed by atoms with Gasteiger partial charge in [-0.1, -0.05) is 18.0 Å². The van der Waals surface area contributed by atoms with Crippen LogP contribution in [-0.2, 0) is 4.79 Å². The van der Waals surface area contributed by atoms with Crippen molar-refractivity contribution in [3.8, 4) is 0 Å². The van der Waals surface area contributed by atoms with Gasteiger partial charge in [0.2, 0.25) is 0 Å². The average molecular weight is 290 g/mol. The van der Waals surface area contributed by atoms with Gasteiger partial charge in [-0.15, -0.1) is 0 Å². The predicted molar refractivity (Wildman–Crippen MR) is 75.6 cm³/mol. The summed E-state index contributed by atoms with van der Waals surface area (Å²) in [6, 6.07) is 3.82. The fourth-order valence-corrected chi connectivity index (χ4v) is 2.35. The number of Topliss-reactive ketones (excluding diaryl/α,β-unsaturated/α-hetero) is 1. The Bertz CT molecular complexity index is 611. The van der Waals surface area contributed by atoms with E-state index >= 15 is 0 Å². The minimum atomic E-state index is -0.646. The molecule has 0 N–H and O–H groups in total. The van der Waals surface area contributed by atoms with E-state index in [1.165, 1.54) is 17.0 Å². The van der Waals surface area contributed by atoms with E-state index in [2.05, 4.69) is 10.0 Å². The van der Waals surface area contributed by atoms with Crippen LogP contribution in [0, 0.1) is 5.82 Å². The van der Waals surface area contributed by atoms with Crippen molar-refractivity contribution in [1.82, 2.24) is 0 Å². The Hall–Kier alpha value is -2.40. The van der Waals surface area contributed by atoms with Crippen LogP contribution in [0.25, 0.3) is 10.4 Å². The number of azide groups is 1. The van der Waals surface area contributed by atoms with Crippen molar-refractivity contribution in [2.24, 2.45) is 5.11 Å². The second-order valence-electron chi connectivity index (χ2n) is 4.82. The number of benzene rings is 1. The van der Waals surface area contributed by atoms with Crippen molar-refractivity contribution < 1.29 is 14.0 Å². The van der Waals surface area contributed by atoms with Crippen LogP contribution < -0.4 is 4.90 Å². The molecule has 0 spiro atoms. The molecule has 0 aromatic heterocycles. The summed E-state index contributed by atoms with van der Waals surface area (Å²) in [6.07, 6.45) is 3.31. The highest BCUT2D eigenvalue weighted by Gasteiger charge is 2.35. The lowest BCUT2D eigenvalue weighted by Crippen LogP contribution is -2.30. The zero-order valence-electron chi connectivity index (χ0n) is 11.5. The largest absolute Gasteiger partial charge is 0.305 e. The summed E-state index contributed by atoms with van der Waals surface area (Å²) in [5.41, 5.74) is 8.76. The SMILES string of the molecule is [N-]=[N+]=NCCCCCCN1C(=O)C(=O)c2cc(F)ccc21. The molecule has 7 heteroatoms. The number of hydrogen-bond donors (Lipinski definition) is 0. The first-order chi connectivity index (χ1) is 10.1. The molecule has 1 amide bonds. The summed E-state index contributed by atoms with van der Waals surface area (Å²) in [6.45, 7) is 0.907. The third kappa shape index (κ3) is 3.38. The van der Waals surface area contributed by atoms with Crippen LogP contribution in [0.4, 0.5) is 10.1 Å². The van der Waals surface area contributed by atoms with Gasteiger partial charge in [-0.25, -0.2) is 4.39 Å². The van der Waals surface area contributed by atoms with Crippen molar-refractivity contribution >= 4 is 17.4 Å². The highest BCUT2D eigenvalue weighted by molar-refractivity contribution is 6.52. The number of hydrogen-bond acceptors (Lipinski definition) is 3. The molecule has 0 atom stereocenters. The van der Waals surface area contributed by atoms with Gasteiger partial charge in [-0.3, -0.25) is 9.59 Å². The maximum atomic E-state index is 13.1. The third-order valence-electron chi connectivity index (χ3n) is 3.39. The molecule has 6 nitrogen and oxygen atoms in total. The average Bonchev–Trinajstić information content (AvgIpc) is 2.71. The smallest absolute Gasteiger partial charge is 0.299 e. The van der Waals surface area contributed by atoms with Crippen LogP contribution in [0.3, 0.4) is 0 Å². The Balaban J connectivity index is 1.88. The van der Waals surface area contributed by atoms with Crippen molar-refractivity contribution in [1.29, 1.82) is 0 Å². The number of amides is 1. The number of carbonyl (C=O) groups is 2. The van der Waals surface area contributed by atoms with Crippen molar-refractivity contribution in [3.63, 3.8) is 0 Å². The Labute approximate surface area is 121 Å². The number of unbranched alkanes of at least 4 members (excludes halogenated alkanes) is 3. The minimum Gasteiger partial charge on any atom is -0.305 e. The zero-order valence-corrected chi connectivity index (χ0v) is 11.5. The fraction of sp³-hybridized carbons (Fsp3) is 0.429. The van der Waals surface area contributed by atoms with Crippen LogP contribution in [0.2, 0.25) is 0 Å². The van der Waals surface area contributed by atoms with E-state index in [0.29, 0.717) is 18.8 Å². The Morgan fingerprint density at radius 2 is 1.95 bits per heavy atom. The number of rotatable bonds is 7. The summed E-state index contributed by atoms with van der Waals surface area (Å²) in [5.74, 6) is -1.76. The van der Waals surface area contributed by atoms with E-state index in [0.717, 1.165) is 31.7 Å². The van der Waals surface area contributed by atoms with Gasteiger partial charge < -0.3 is 4.90 Å². The monoisotopic (exact) mass is 290 g/mol. The molecule has 0 saturated carbocycles. The fourth-order valence-electron chi connectivity index (χ4n) is 2.35. The molecule has 1 aromatic carbocycles. The first-order valence-electron chi connectivity index (χ1n) is 6.81. The van der Waals surface area contributed by atoms with E-state index in [1.807, 2.05) is 0 Å². The lowest BCUT2D eigenvalue weighted by Gasteiger charge is -2.16. The summed E-state index contributed by atoms with van der Waals surface area (Å²) < 4.78 is 13.1. The molecule has 21 heavy (non-hydrogen) atoms. The second kappa shape index (κ2) is 6.85. The van der Waals surface area contributed by atoms with Gasteiger partial charge in [-0.2, -0.15) is 0 Å². The number of carbonyl (C=O) groups excluding carboxylic acids is 2. The first-order valence-corrected chi connectivity index (χ1v) is 6.81. The Morgan fingerprint density at radius 3 is 2.71 bits per heavy atom. The quantitative estimate of drug-likeness (QED) is 0.254. The van der Waals surface area contributed by atoms with Gasteiger partial charge in [0.15, 0.2) is 0 Å². The maximum Gasteiger partial charge on any atom is 0.299 e. The van der Waals surface area contributed by atoms with Gasteiger partial charge in [-0.05, 0) is 36.6 Å². The molecule has 0 aliphatic carbocycles. The molecule has 1 aliphatic rings. The molecule has 0 fully saturated rings. The number of ketones is 1. The zero-order chi connectivity index (χ0) is 15.2. The number of nitrogens with zero attached hydrogens (tertiary/aromatic N) is 4. The molecule has 0 radical (unpaired) electrons. The molecular formula is C14H15FN4O2. The highest BCUT2D eigenvalue weighted by atomic mass is 19.1. The Morgan fingerprint density at radius 1 is 1.19 bits per heavy atom. The topological polar surface area (TPSA) is 86.1 Å². The summed E-state index contributed by atoms with van der Waals surface area (Å²) >= 11 is 0. The van der Waals surface area contributed by atoms with E-state index in [4.69, 9.17) is 5.53 Å². The second-order valence-corrected chi connectivity index (χ2v) is 4.82. The molecule has 0 unspecified atom stereocenters. The summed E-state index contributed by atoms with van der Waals surface area (Å²) in [4.78, 5) is 27.7. The molecule has 2 rings (SSSR count). The molecule has 110 valence electrons. The number of halogens is 1. The number of anilines is 1. The number of fused-ring (bicyclic) bond motifs is 1. The lowest BCUT2D eigenvalue weighted by atomic mass is 10.1. The normalized spacial score (nSPS) is 13.3. The minimum absolute atomic E-state index is 0.142. The highest BCUT2D eigenvalue weighted by Crippen LogP contribution is 2.29. The third-order valence-corrected chi connectivity index (χ3v) is 3.39.